The van der Waals surface area contributed by atoms with Gasteiger partial charge in [0.15, 0.2) is 0 Å². The minimum Gasteiger partial charge on any atom is -0.322 e. The third-order valence-electron chi connectivity index (χ3n) is 3.40. The Balaban J connectivity index is 1.85. The van der Waals surface area contributed by atoms with Crippen LogP contribution in [-0.2, 0) is 0 Å². The van der Waals surface area contributed by atoms with Gasteiger partial charge in [-0.2, -0.15) is 0 Å². The van der Waals surface area contributed by atoms with Crippen LogP contribution in [0, 0.1) is 5.92 Å². The zero-order valence-electron chi connectivity index (χ0n) is 12.1. The first-order chi connectivity index (χ1) is 9.56. The molecule has 110 valence electrons. The number of carbonyl (C=O) groups excluding carboxylic acids is 1. The number of para-hydroxylation sites is 1. The Bertz CT molecular complexity index is 456. The van der Waals surface area contributed by atoms with Gasteiger partial charge in [-0.15, -0.1) is 0 Å². The number of piperazine rings is 1. The van der Waals surface area contributed by atoms with Gasteiger partial charge in [-0.3, -0.25) is 4.90 Å². The molecular weight excluding hydrogens is 318 g/mol. The first kappa shape index (κ1) is 15.3. The number of nitrogens with one attached hydrogen (secondary N) is 1. The number of carbonyl (C=O) groups is 1. The molecule has 1 saturated heterocycles. The van der Waals surface area contributed by atoms with Crippen LogP contribution in [-0.4, -0.2) is 48.6 Å². The summed E-state index contributed by atoms with van der Waals surface area (Å²) in [6.07, 6.45) is 0. The van der Waals surface area contributed by atoms with E-state index in [1.165, 1.54) is 0 Å². The zero-order valence-corrected chi connectivity index (χ0v) is 13.7. The van der Waals surface area contributed by atoms with Crippen molar-refractivity contribution < 1.29 is 4.79 Å². The van der Waals surface area contributed by atoms with E-state index in [9.17, 15) is 4.79 Å². The highest BCUT2D eigenvalue weighted by atomic mass is 79.9. The molecule has 1 aromatic carbocycles. The average molecular weight is 340 g/mol. The predicted octanol–water partition coefficient (Wildman–Crippen LogP) is 3.25. The fourth-order valence-corrected chi connectivity index (χ4v) is 2.79. The largest absolute Gasteiger partial charge is 0.322 e. The molecule has 2 amide bonds. The normalized spacial score (nSPS) is 16.5. The number of hydrogen-bond donors (Lipinski definition) is 1. The molecule has 1 fully saturated rings. The van der Waals surface area contributed by atoms with E-state index in [1.807, 2.05) is 29.2 Å². The van der Waals surface area contributed by atoms with Crippen molar-refractivity contribution in [2.75, 3.05) is 38.0 Å². The summed E-state index contributed by atoms with van der Waals surface area (Å²) >= 11 is 3.44. The summed E-state index contributed by atoms with van der Waals surface area (Å²) in [7, 11) is 0. The highest BCUT2D eigenvalue weighted by molar-refractivity contribution is 9.10. The van der Waals surface area contributed by atoms with E-state index in [1.54, 1.807) is 0 Å². The number of urea groups is 1. The van der Waals surface area contributed by atoms with E-state index < -0.39 is 0 Å². The van der Waals surface area contributed by atoms with E-state index in [4.69, 9.17) is 0 Å². The standard InChI is InChI=1S/C15H22BrN3O/c1-12(2)11-18-7-9-19(10-8-18)15(20)17-14-6-4-3-5-13(14)16/h3-6,12H,7-11H2,1-2H3,(H,17,20). The summed E-state index contributed by atoms with van der Waals surface area (Å²) in [4.78, 5) is 16.5. The molecular formula is C15H22BrN3O. The Hall–Kier alpha value is -1.07. The van der Waals surface area contributed by atoms with Gasteiger partial charge in [0.25, 0.3) is 0 Å². The number of nitrogens with zero attached hydrogens (tertiary/aromatic N) is 2. The summed E-state index contributed by atoms with van der Waals surface area (Å²) < 4.78 is 0.909. The van der Waals surface area contributed by atoms with Crippen molar-refractivity contribution in [1.82, 2.24) is 9.80 Å². The average Bonchev–Trinajstić information content (AvgIpc) is 2.41. The van der Waals surface area contributed by atoms with Gasteiger partial charge in [0, 0.05) is 37.2 Å². The fraction of sp³-hybridized carbons (Fsp3) is 0.533. The molecule has 1 N–H and O–H groups in total. The highest BCUT2D eigenvalue weighted by Gasteiger charge is 2.21. The molecule has 2 rings (SSSR count). The Morgan fingerprint density at radius 2 is 1.90 bits per heavy atom. The zero-order chi connectivity index (χ0) is 14.5. The predicted molar refractivity (Wildman–Crippen MR) is 86.0 cm³/mol. The van der Waals surface area contributed by atoms with Gasteiger partial charge in [0.2, 0.25) is 0 Å². The maximum atomic E-state index is 12.2. The van der Waals surface area contributed by atoms with Crippen LogP contribution in [0.15, 0.2) is 28.7 Å². The Morgan fingerprint density at radius 3 is 2.50 bits per heavy atom. The molecule has 20 heavy (non-hydrogen) atoms. The third-order valence-corrected chi connectivity index (χ3v) is 4.09. The molecule has 0 radical (unpaired) electrons. The molecule has 0 aromatic heterocycles. The van der Waals surface area contributed by atoms with Crippen molar-refractivity contribution in [2.45, 2.75) is 13.8 Å². The molecule has 0 saturated carbocycles. The van der Waals surface area contributed by atoms with Crippen molar-refractivity contribution in [3.8, 4) is 0 Å². The molecule has 0 unspecified atom stereocenters. The van der Waals surface area contributed by atoms with Crippen molar-refractivity contribution >= 4 is 27.6 Å². The van der Waals surface area contributed by atoms with Crippen molar-refractivity contribution in [1.29, 1.82) is 0 Å². The lowest BCUT2D eigenvalue weighted by Gasteiger charge is -2.35. The summed E-state index contributed by atoms with van der Waals surface area (Å²) in [6, 6.07) is 7.67. The summed E-state index contributed by atoms with van der Waals surface area (Å²) in [5.74, 6) is 0.677. The smallest absolute Gasteiger partial charge is 0.321 e. The SMILES string of the molecule is CC(C)CN1CCN(C(=O)Nc2ccccc2Br)CC1. The van der Waals surface area contributed by atoms with Crippen LogP contribution in [0.3, 0.4) is 0 Å². The monoisotopic (exact) mass is 339 g/mol. The van der Waals surface area contributed by atoms with Gasteiger partial charge in [-0.25, -0.2) is 4.79 Å². The van der Waals surface area contributed by atoms with Crippen LogP contribution in [0.5, 0.6) is 0 Å². The first-order valence-corrected chi connectivity index (χ1v) is 7.88. The van der Waals surface area contributed by atoms with Crippen molar-refractivity contribution in [3.05, 3.63) is 28.7 Å². The van der Waals surface area contributed by atoms with Crippen LogP contribution in [0.4, 0.5) is 10.5 Å². The quantitative estimate of drug-likeness (QED) is 0.917. The molecule has 1 aromatic rings. The minimum atomic E-state index is -0.0129. The Labute approximate surface area is 129 Å². The molecule has 0 aliphatic carbocycles. The molecule has 5 heteroatoms. The van der Waals surface area contributed by atoms with E-state index in [-0.39, 0.29) is 6.03 Å². The summed E-state index contributed by atoms with van der Waals surface area (Å²) in [5, 5.41) is 2.96. The maximum Gasteiger partial charge on any atom is 0.321 e. The molecule has 1 heterocycles. The van der Waals surface area contributed by atoms with Gasteiger partial charge in [-0.1, -0.05) is 26.0 Å². The van der Waals surface area contributed by atoms with Crippen LogP contribution in [0.25, 0.3) is 0 Å². The second kappa shape index (κ2) is 7.09. The number of anilines is 1. The molecule has 1 aliphatic rings. The second-order valence-corrected chi connectivity index (χ2v) is 6.45. The number of halogens is 1. The third kappa shape index (κ3) is 4.21. The fourth-order valence-electron chi connectivity index (χ4n) is 2.41. The van der Waals surface area contributed by atoms with Gasteiger partial charge in [0.1, 0.15) is 0 Å². The van der Waals surface area contributed by atoms with Crippen LogP contribution in [0.1, 0.15) is 13.8 Å². The van der Waals surface area contributed by atoms with E-state index in [0.717, 1.165) is 42.9 Å². The number of benzene rings is 1. The lowest BCUT2D eigenvalue weighted by Crippen LogP contribution is -2.50. The van der Waals surface area contributed by atoms with Gasteiger partial charge >= 0.3 is 6.03 Å². The highest BCUT2D eigenvalue weighted by Crippen LogP contribution is 2.21. The van der Waals surface area contributed by atoms with E-state index in [2.05, 4.69) is 40.0 Å². The Kier molecular flexibility index (Phi) is 5.43. The van der Waals surface area contributed by atoms with E-state index >= 15 is 0 Å². The van der Waals surface area contributed by atoms with Crippen LogP contribution in [0.2, 0.25) is 0 Å². The Morgan fingerprint density at radius 1 is 1.25 bits per heavy atom. The lowest BCUT2D eigenvalue weighted by molar-refractivity contribution is 0.138. The molecule has 0 spiro atoms. The molecule has 4 nitrogen and oxygen atoms in total. The number of hydrogen-bond acceptors (Lipinski definition) is 2. The van der Waals surface area contributed by atoms with Crippen molar-refractivity contribution in [2.24, 2.45) is 5.92 Å². The summed E-state index contributed by atoms with van der Waals surface area (Å²) in [5.41, 5.74) is 0.821. The van der Waals surface area contributed by atoms with Gasteiger partial charge in [0.05, 0.1) is 5.69 Å². The number of amides is 2. The number of rotatable bonds is 3. The topological polar surface area (TPSA) is 35.6 Å². The minimum absolute atomic E-state index is 0.0129. The van der Waals surface area contributed by atoms with Crippen LogP contribution >= 0.6 is 15.9 Å². The van der Waals surface area contributed by atoms with Crippen molar-refractivity contribution in [3.63, 3.8) is 0 Å². The van der Waals surface area contributed by atoms with E-state index in [0.29, 0.717) is 5.92 Å². The van der Waals surface area contributed by atoms with Gasteiger partial charge < -0.3 is 10.2 Å². The van der Waals surface area contributed by atoms with Gasteiger partial charge in [-0.05, 0) is 34.0 Å². The second-order valence-electron chi connectivity index (χ2n) is 5.59. The van der Waals surface area contributed by atoms with Crippen LogP contribution < -0.4 is 5.32 Å². The maximum absolute atomic E-state index is 12.2. The first-order valence-electron chi connectivity index (χ1n) is 7.09. The molecule has 0 atom stereocenters. The lowest BCUT2D eigenvalue weighted by atomic mass is 10.2. The summed E-state index contributed by atoms with van der Waals surface area (Å²) in [6.45, 7) is 9.08. The molecule has 1 aliphatic heterocycles. The molecule has 0 bridgehead atoms.